The maximum absolute atomic E-state index is 12.3. The van der Waals surface area contributed by atoms with Gasteiger partial charge in [-0.3, -0.25) is 4.79 Å². The zero-order chi connectivity index (χ0) is 16.9. The third kappa shape index (κ3) is 3.56. The van der Waals surface area contributed by atoms with Crippen molar-refractivity contribution < 1.29 is 24.0 Å². The van der Waals surface area contributed by atoms with E-state index in [0.717, 1.165) is 5.75 Å². The first-order valence-electron chi connectivity index (χ1n) is 7.81. The summed E-state index contributed by atoms with van der Waals surface area (Å²) in [5.41, 5.74) is 0.401. The van der Waals surface area contributed by atoms with Crippen molar-refractivity contribution in [1.29, 1.82) is 0 Å². The number of amides is 1. The van der Waals surface area contributed by atoms with Crippen molar-refractivity contribution in [3.05, 3.63) is 47.3 Å². The van der Waals surface area contributed by atoms with Crippen molar-refractivity contribution in [1.82, 2.24) is 10.1 Å². The molecule has 0 spiro atoms. The van der Waals surface area contributed by atoms with Gasteiger partial charge in [-0.05, 0) is 18.6 Å². The smallest absolute Gasteiger partial charge is 0.358 e. The number of carboxylic acids is 1. The second kappa shape index (κ2) is 7.16. The van der Waals surface area contributed by atoms with Gasteiger partial charge in [0.25, 0.3) is 0 Å². The molecule has 7 heteroatoms. The second-order valence-electron chi connectivity index (χ2n) is 5.57. The van der Waals surface area contributed by atoms with Crippen LogP contribution in [0.1, 0.15) is 34.7 Å². The molecule has 0 atom stereocenters. The molecule has 0 fully saturated rings. The SMILES string of the molecule is O=C(O)c1noc2c1CN(C(=O)CCCOc1ccccc1)CC2. The lowest BCUT2D eigenvalue weighted by Gasteiger charge is -2.26. The van der Waals surface area contributed by atoms with E-state index in [4.69, 9.17) is 14.4 Å². The Balaban J connectivity index is 1.49. The van der Waals surface area contributed by atoms with Crippen molar-refractivity contribution >= 4 is 11.9 Å². The highest BCUT2D eigenvalue weighted by atomic mass is 16.5. The molecule has 24 heavy (non-hydrogen) atoms. The summed E-state index contributed by atoms with van der Waals surface area (Å²) in [7, 11) is 0. The van der Waals surface area contributed by atoms with E-state index in [1.54, 1.807) is 4.90 Å². The first-order valence-corrected chi connectivity index (χ1v) is 7.81. The molecule has 7 nitrogen and oxygen atoms in total. The minimum absolute atomic E-state index is 0.0187. The third-order valence-electron chi connectivity index (χ3n) is 3.93. The van der Waals surface area contributed by atoms with E-state index in [-0.39, 0.29) is 18.1 Å². The molecule has 2 heterocycles. The highest BCUT2D eigenvalue weighted by Crippen LogP contribution is 2.23. The Morgan fingerprint density at radius 3 is 2.83 bits per heavy atom. The quantitative estimate of drug-likeness (QED) is 0.816. The van der Waals surface area contributed by atoms with E-state index in [9.17, 15) is 9.59 Å². The van der Waals surface area contributed by atoms with Crippen LogP contribution >= 0.6 is 0 Å². The van der Waals surface area contributed by atoms with Gasteiger partial charge < -0.3 is 19.3 Å². The summed E-state index contributed by atoms with van der Waals surface area (Å²) in [6, 6.07) is 9.44. The van der Waals surface area contributed by atoms with Gasteiger partial charge in [-0.25, -0.2) is 4.79 Å². The maximum atomic E-state index is 12.3. The number of hydrogen-bond acceptors (Lipinski definition) is 5. The van der Waals surface area contributed by atoms with Gasteiger partial charge in [-0.2, -0.15) is 0 Å². The number of carbonyl (C=O) groups excluding carboxylic acids is 1. The summed E-state index contributed by atoms with van der Waals surface area (Å²) >= 11 is 0. The lowest BCUT2D eigenvalue weighted by Crippen LogP contribution is -2.36. The molecule has 126 valence electrons. The normalized spacial score (nSPS) is 13.4. The first kappa shape index (κ1) is 16.0. The number of aromatic nitrogens is 1. The van der Waals surface area contributed by atoms with Gasteiger partial charge in [-0.1, -0.05) is 23.4 Å². The second-order valence-corrected chi connectivity index (χ2v) is 5.57. The molecule has 0 radical (unpaired) electrons. The number of carboxylic acid groups (broad SMARTS) is 1. The summed E-state index contributed by atoms with van der Waals surface area (Å²) in [6.45, 7) is 1.21. The zero-order valence-corrected chi connectivity index (χ0v) is 13.1. The van der Waals surface area contributed by atoms with Crippen LogP contribution in [-0.4, -0.2) is 40.2 Å². The number of carbonyl (C=O) groups is 2. The van der Waals surface area contributed by atoms with Gasteiger partial charge in [0, 0.05) is 24.9 Å². The van der Waals surface area contributed by atoms with Crippen molar-refractivity contribution in [3.63, 3.8) is 0 Å². The fraction of sp³-hybridized carbons (Fsp3) is 0.353. The van der Waals surface area contributed by atoms with Crippen LogP contribution < -0.4 is 4.74 Å². The summed E-state index contributed by atoms with van der Waals surface area (Å²) in [4.78, 5) is 25.1. The van der Waals surface area contributed by atoms with E-state index in [1.807, 2.05) is 30.3 Å². The van der Waals surface area contributed by atoms with E-state index < -0.39 is 5.97 Å². The number of para-hydroxylation sites is 1. The fourth-order valence-corrected chi connectivity index (χ4v) is 2.68. The molecule has 0 saturated heterocycles. The Bertz CT molecular complexity index is 726. The molecule has 1 aromatic carbocycles. The van der Waals surface area contributed by atoms with E-state index in [1.165, 1.54) is 0 Å². The van der Waals surface area contributed by atoms with Crippen molar-refractivity contribution in [3.8, 4) is 5.75 Å². The minimum atomic E-state index is -1.13. The molecule has 0 aliphatic carbocycles. The van der Waals surface area contributed by atoms with E-state index >= 15 is 0 Å². The molecule has 0 saturated carbocycles. The molecular formula is C17H18N2O5. The molecule has 0 bridgehead atoms. The molecule has 3 rings (SSSR count). The Morgan fingerprint density at radius 1 is 1.29 bits per heavy atom. The van der Waals surface area contributed by atoms with Crippen LogP contribution in [0, 0.1) is 0 Å². The molecule has 1 amide bonds. The predicted octanol–water partition coefficient (Wildman–Crippen LogP) is 2.12. The number of nitrogens with zero attached hydrogens (tertiary/aromatic N) is 2. The number of fused-ring (bicyclic) bond motifs is 1. The van der Waals surface area contributed by atoms with Crippen molar-refractivity contribution in [2.24, 2.45) is 0 Å². The Hall–Kier alpha value is -2.83. The predicted molar refractivity (Wildman–Crippen MR) is 83.8 cm³/mol. The largest absolute Gasteiger partial charge is 0.494 e. The lowest BCUT2D eigenvalue weighted by molar-refractivity contribution is -0.132. The standard InChI is InChI=1S/C17H18N2O5/c20-15(7-4-10-23-12-5-2-1-3-6-12)19-9-8-14-13(11-19)16(17(21)22)18-24-14/h1-3,5-6H,4,7-11H2,(H,21,22). The van der Waals surface area contributed by atoms with Crippen LogP contribution in [0.5, 0.6) is 5.75 Å². The van der Waals surface area contributed by atoms with Gasteiger partial charge in [0.2, 0.25) is 5.91 Å². The van der Waals surface area contributed by atoms with Gasteiger partial charge in [0.05, 0.1) is 13.2 Å². The molecule has 1 N–H and O–H groups in total. The highest BCUT2D eigenvalue weighted by Gasteiger charge is 2.29. The van der Waals surface area contributed by atoms with Crippen LogP contribution in [0.3, 0.4) is 0 Å². The third-order valence-corrected chi connectivity index (χ3v) is 3.93. The number of rotatable bonds is 6. The van der Waals surface area contributed by atoms with Crippen LogP contribution in [0.4, 0.5) is 0 Å². The highest BCUT2D eigenvalue weighted by molar-refractivity contribution is 5.87. The molecule has 0 unspecified atom stereocenters. The van der Waals surface area contributed by atoms with Gasteiger partial charge in [0.15, 0.2) is 5.69 Å². The molecule has 1 aromatic heterocycles. The summed E-state index contributed by atoms with van der Waals surface area (Å²) < 4.78 is 10.6. The molecular weight excluding hydrogens is 312 g/mol. The maximum Gasteiger partial charge on any atom is 0.358 e. The Morgan fingerprint density at radius 2 is 2.08 bits per heavy atom. The Labute approximate surface area is 138 Å². The lowest BCUT2D eigenvalue weighted by atomic mass is 10.1. The van der Waals surface area contributed by atoms with Gasteiger partial charge in [0.1, 0.15) is 11.5 Å². The number of ether oxygens (including phenoxy) is 1. The monoisotopic (exact) mass is 330 g/mol. The zero-order valence-electron chi connectivity index (χ0n) is 13.1. The van der Waals surface area contributed by atoms with E-state index in [2.05, 4.69) is 5.16 Å². The fourth-order valence-electron chi connectivity index (χ4n) is 2.68. The molecule has 1 aliphatic rings. The van der Waals surface area contributed by atoms with Gasteiger partial charge >= 0.3 is 5.97 Å². The number of hydrogen-bond donors (Lipinski definition) is 1. The average Bonchev–Trinajstić information content (AvgIpc) is 3.03. The molecule has 2 aromatic rings. The van der Waals surface area contributed by atoms with E-state index in [0.29, 0.717) is 43.7 Å². The van der Waals surface area contributed by atoms with Crippen molar-refractivity contribution in [2.75, 3.05) is 13.2 Å². The van der Waals surface area contributed by atoms with Crippen LogP contribution in [0.25, 0.3) is 0 Å². The Kier molecular flexibility index (Phi) is 4.79. The summed E-state index contributed by atoms with van der Waals surface area (Å²) in [5.74, 6) is 0.187. The first-order chi connectivity index (χ1) is 11.6. The van der Waals surface area contributed by atoms with Crippen LogP contribution in [-0.2, 0) is 17.8 Å². The number of benzene rings is 1. The summed E-state index contributed by atoms with van der Waals surface area (Å²) in [5, 5.41) is 12.7. The minimum Gasteiger partial charge on any atom is -0.494 e. The topological polar surface area (TPSA) is 92.9 Å². The molecule has 1 aliphatic heterocycles. The summed E-state index contributed by atoms with van der Waals surface area (Å²) in [6.07, 6.45) is 1.45. The average molecular weight is 330 g/mol. The number of aromatic carboxylic acids is 1. The van der Waals surface area contributed by atoms with Crippen LogP contribution in [0.15, 0.2) is 34.9 Å². The van der Waals surface area contributed by atoms with Gasteiger partial charge in [-0.15, -0.1) is 0 Å². The van der Waals surface area contributed by atoms with Crippen molar-refractivity contribution in [2.45, 2.75) is 25.8 Å². The van der Waals surface area contributed by atoms with Crippen LogP contribution in [0.2, 0.25) is 0 Å².